The second kappa shape index (κ2) is 4.73. The lowest BCUT2D eigenvalue weighted by atomic mass is 9.79. The van der Waals surface area contributed by atoms with Crippen molar-refractivity contribution in [3.8, 4) is 5.88 Å². The van der Waals surface area contributed by atoms with Gasteiger partial charge >= 0.3 is 0 Å². The van der Waals surface area contributed by atoms with Crippen molar-refractivity contribution in [2.75, 3.05) is 20.2 Å². The van der Waals surface area contributed by atoms with Gasteiger partial charge in [-0.2, -0.15) is 0 Å². The van der Waals surface area contributed by atoms with Gasteiger partial charge in [0.2, 0.25) is 5.88 Å². The molecule has 0 N–H and O–H groups in total. The van der Waals surface area contributed by atoms with E-state index in [4.69, 9.17) is 4.74 Å². The number of piperidine rings is 1. The maximum absolute atomic E-state index is 5.39. The number of fused-ring (bicyclic) bond motifs is 2. The maximum Gasteiger partial charge on any atom is 0.213 e. The molecular weight excluding hydrogens is 224 g/mol. The van der Waals surface area contributed by atoms with Crippen molar-refractivity contribution in [2.24, 2.45) is 5.92 Å². The van der Waals surface area contributed by atoms with Gasteiger partial charge in [0.25, 0.3) is 0 Å². The highest BCUT2D eigenvalue weighted by Gasteiger charge is 2.33. The van der Waals surface area contributed by atoms with Gasteiger partial charge in [-0.15, -0.1) is 0 Å². The largest absolute Gasteiger partial charge is 0.478 e. The number of nitrogens with zero attached hydrogens (tertiary/aromatic N) is 2. The summed E-state index contributed by atoms with van der Waals surface area (Å²) in [5.41, 5.74) is 2.70. The molecule has 3 nitrogen and oxygen atoms in total. The van der Waals surface area contributed by atoms with Crippen molar-refractivity contribution >= 4 is 5.57 Å². The van der Waals surface area contributed by atoms with E-state index in [-0.39, 0.29) is 0 Å². The molecule has 1 saturated heterocycles. The van der Waals surface area contributed by atoms with Gasteiger partial charge in [0.05, 0.1) is 6.61 Å². The number of aromatic nitrogens is 1. The molecule has 96 valence electrons. The van der Waals surface area contributed by atoms with Gasteiger partial charge in [-0.3, -0.25) is 4.90 Å². The van der Waals surface area contributed by atoms with Crippen LogP contribution in [0.1, 0.15) is 25.3 Å². The van der Waals surface area contributed by atoms with E-state index < -0.39 is 0 Å². The van der Waals surface area contributed by atoms with Crippen molar-refractivity contribution in [3.63, 3.8) is 0 Å². The molecule has 1 unspecified atom stereocenters. The van der Waals surface area contributed by atoms with Crippen molar-refractivity contribution in [1.29, 1.82) is 0 Å². The number of ether oxygens (including phenoxy) is 1. The van der Waals surface area contributed by atoms with Crippen molar-refractivity contribution in [2.45, 2.75) is 25.8 Å². The molecule has 0 aromatic carbocycles. The fourth-order valence-electron chi connectivity index (χ4n) is 3.15. The van der Waals surface area contributed by atoms with Crippen LogP contribution < -0.4 is 4.74 Å². The Morgan fingerprint density at radius 1 is 1.39 bits per heavy atom. The highest BCUT2D eigenvalue weighted by atomic mass is 16.5. The minimum absolute atomic E-state index is 0.578. The number of hydrogen-bond acceptors (Lipinski definition) is 3. The predicted molar refractivity (Wildman–Crippen MR) is 72.5 cm³/mol. The minimum atomic E-state index is 0.578. The van der Waals surface area contributed by atoms with E-state index in [9.17, 15) is 0 Å². The molecule has 0 spiro atoms. The van der Waals surface area contributed by atoms with E-state index in [1.54, 1.807) is 0 Å². The first-order chi connectivity index (χ1) is 8.78. The number of hydrogen-bond donors (Lipinski definition) is 0. The van der Waals surface area contributed by atoms with Gasteiger partial charge in [-0.05, 0) is 49.9 Å². The quantitative estimate of drug-likeness (QED) is 0.817. The Balaban J connectivity index is 1.86. The molecule has 1 aromatic rings. The fraction of sp³-hybridized carbons (Fsp3) is 0.533. The Kier molecular flexibility index (Phi) is 3.08. The zero-order valence-corrected chi connectivity index (χ0v) is 11.1. The standard InChI is InChI=1S/C15H20N2O/c1-3-18-15-7-5-12(9-16-15)13-8-11-4-6-14(13)17(2)10-11/h5,7-9,11,14H,3-4,6,10H2,1-2H3/t11-,14?/m1/s1. The topological polar surface area (TPSA) is 25.4 Å². The molecule has 4 rings (SSSR count). The lowest BCUT2D eigenvalue weighted by Crippen LogP contribution is -2.44. The summed E-state index contributed by atoms with van der Waals surface area (Å²) in [7, 11) is 2.23. The second-order valence-electron chi connectivity index (χ2n) is 5.23. The highest BCUT2D eigenvalue weighted by Crippen LogP contribution is 2.38. The summed E-state index contributed by atoms with van der Waals surface area (Å²) in [6.45, 7) is 3.86. The van der Waals surface area contributed by atoms with Crippen LogP contribution in [0.2, 0.25) is 0 Å². The van der Waals surface area contributed by atoms with Gasteiger partial charge in [0.1, 0.15) is 0 Å². The lowest BCUT2D eigenvalue weighted by Gasteiger charge is -2.43. The Bertz CT molecular complexity index is 452. The van der Waals surface area contributed by atoms with Gasteiger partial charge < -0.3 is 4.74 Å². The molecule has 3 heteroatoms. The van der Waals surface area contributed by atoms with Crippen LogP contribution in [-0.2, 0) is 0 Å². The molecule has 0 saturated carbocycles. The van der Waals surface area contributed by atoms with Crippen molar-refractivity contribution < 1.29 is 4.74 Å². The van der Waals surface area contributed by atoms with Crippen LogP contribution in [0.4, 0.5) is 0 Å². The van der Waals surface area contributed by atoms with Crippen molar-refractivity contribution in [1.82, 2.24) is 9.88 Å². The molecule has 3 heterocycles. The van der Waals surface area contributed by atoms with Crippen LogP contribution >= 0.6 is 0 Å². The molecule has 1 aliphatic carbocycles. The summed E-state index contributed by atoms with van der Waals surface area (Å²) in [6.07, 6.45) is 7.01. The average molecular weight is 244 g/mol. The zero-order valence-electron chi connectivity index (χ0n) is 11.1. The van der Waals surface area contributed by atoms with E-state index in [1.165, 1.54) is 30.5 Å². The lowest BCUT2D eigenvalue weighted by molar-refractivity contribution is 0.180. The monoisotopic (exact) mass is 244 g/mol. The third kappa shape index (κ3) is 2.03. The van der Waals surface area contributed by atoms with Crippen LogP contribution in [0.25, 0.3) is 5.57 Å². The molecule has 18 heavy (non-hydrogen) atoms. The van der Waals surface area contributed by atoms with E-state index in [0.717, 1.165) is 11.8 Å². The number of likely N-dealkylation sites (N-methyl/N-ethyl adjacent to an activating group) is 1. The highest BCUT2D eigenvalue weighted by molar-refractivity contribution is 5.71. The van der Waals surface area contributed by atoms with E-state index in [1.807, 2.05) is 19.2 Å². The van der Waals surface area contributed by atoms with Crippen LogP contribution in [-0.4, -0.2) is 36.1 Å². The van der Waals surface area contributed by atoms with Gasteiger partial charge in [0.15, 0.2) is 0 Å². The molecular formula is C15H20N2O. The Labute approximate surface area is 108 Å². The molecule has 2 aliphatic heterocycles. The Hall–Kier alpha value is -1.35. The summed E-state index contributed by atoms with van der Waals surface area (Å²) >= 11 is 0. The molecule has 2 bridgehead atoms. The molecule has 1 aromatic heterocycles. The first-order valence-corrected chi connectivity index (χ1v) is 6.79. The van der Waals surface area contributed by atoms with Crippen molar-refractivity contribution in [3.05, 3.63) is 30.0 Å². The Morgan fingerprint density at radius 2 is 2.28 bits per heavy atom. The summed E-state index contributed by atoms with van der Waals surface area (Å²) in [5.74, 6) is 1.44. The molecule has 0 amide bonds. The first kappa shape index (κ1) is 11.7. The first-order valence-electron chi connectivity index (χ1n) is 6.79. The van der Waals surface area contributed by atoms with E-state index in [2.05, 4.69) is 29.1 Å². The third-order valence-electron chi connectivity index (χ3n) is 4.00. The fourth-order valence-corrected chi connectivity index (χ4v) is 3.15. The zero-order chi connectivity index (χ0) is 12.5. The maximum atomic E-state index is 5.39. The second-order valence-corrected chi connectivity index (χ2v) is 5.23. The summed E-state index contributed by atoms with van der Waals surface area (Å²) in [6, 6.07) is 4.69. The van der Waals surface area contributed by atoms with Crippen LogP contribution in [0, 0.1) is 5.92 Å². The summed E-state index contributed by atoms with van der Waals surface area (Å²) < 4.78 is 5.39. The molecule has 2 atom stereocenters. The van der Waals surface area contributed by atoms with E-state index >= 15 is 0 Å². The third-order valence-corrected chi connectivity index (χ3v) is 4.00. The van der Waals surface area contributed by atoms with Gasteiger partial charge in [-0.1, -0.05) is 6.08 Å². The summed E-state index contributed by atoms with van der Waals surface area (Å²) in [4.78, 5) is 6.84. The van der Waals surface area contributed by atoms with Gasteiger partial charge in [-0.25, -0.2) is 4.98 Å². The normalized spacial score (nSPS) is 27.1. The minimum Gasteiger partial charge on any atom is -0.478 e. The number of rotatable bonds is 3. The molecule has 0 radical (unpaired) electrons. The van der Waals surface area contributed by atoms with Gasteiger partial charge in [0, 0.05) is 24.8 Å². The summed E-state index contributed by atoms with van der Waals surface area (Å²) in [5, 5.41) is 0. The predicted octanol–water partition coefficient (Wildman–Crippen LogP) is 2.59. The number of pyridine rings is 1. The van der Waals surface area contributed by atoms with E-state index in [0.29, 0.717) is 12.6 Å². The van der Waals surface area contributed by atoms with Crippen LogP contribution in [0.5, 0.6) is 5.88 Å². The molecule has 3 aliphatic rings. The van der Waals surface area contributed by atoms with Crippen LogP contribution in [0.3, 0.4) is 0 Å². The average Bonchev–Trinajstić information content (AvgIpc) is 2.40. The van der Waals surface area contributed by atoms with Crippen LogP contribution in [0.15, 0.2) is 24.4 Å². The Morgan fingerprint density at radius 3 is 2.89 bits per heavy atom. The smallest absolute Gasteiger partial charge is 0.213 e. The SMILES string of the molecule is CCOc1ccc(C2=C[C@H]3CCC2N(C)C3)cn1. The molecule has 1 fully saturated rings.